The number of halogens is 2. The smallest absolute Gasteiger partial charge is 0.300 e. The van der Waals surface area contributed by atoms with Crippen LogP contribution < -0.4 is 9.64 Å². The molecule has 1 fully saturated rings. The third-order valence-corrected chi connectivity index (χ3v) is 5.31. The minimum absolute atomic E-state index is 0.148. The number of ether oxygens (including phenoxy) is 1. The lowest BCUT2D eigenvalue weighted by molar-refractivity contribution is -0.132. The second-order valence-electron chi connectivity index (χ2n) is 6.94. The first-order valence-electron chi connectivity index (χ1n) is 9.28. The van der Waals surface area contributed by atoms with Crippen LogP contribution >= 0.6 is 11.6 Å². The number of furan rings is 1. The zero-order chi connectivity index (χ0) is 22.3. The number of nitrogens with zero attached hydrogens (tertiary/aromatic N) is 1. The second-order valence-corrected chi connectivity index (χ2v) is 7.35. The van der Waals surface area contributed by atoms with E-state index in [4.69, 9.17) is 20.8 Å². The summed E-state index contributed by atoms with van der Waals surface area (Å²) in [6, 6.07) is 12.3. The standard InChI is InChI=1S/C23H17ClFNO5/c1-12-3-10-18(31-12)20-19(21(27)13-4-7-15(30-2)8-5-13)22(28)23(29)26(20)14-6-9-17(25)16(24)11-14/h3-11,20,27H,1-2H3/b21-19-. The summed E-state index contributed by atoms with van der Waals surface area (Å²) >= 11 is 5.90. The topological polar surface area (TPSA) is 80.0 Å². The molecule has 4 rings (SSSR count). The van der Waals surface area contributed by atoms with Gasteiger partial charge >= 0.3 is 0 Å². The van der Waals surface area contributed by atoms with Crippen molar-refractivity contribution in [2.45, 2.75) is 13.0 Å². The molecule has 0 radical (unpaired) electrons. The molecule has 1 atom stereocenters. The molecule has 1 aromatic heterocycles. The average molecular weight is 442 g/mol. The van der Waals surface area contributed by atoms with E-state index in [1.807, 2.05) is 0 Å². The van der Waals surface area contributed by atoms with Crippen molar-refractivity contribution >= 4 is 34.7 Å². The number of rotatable bonds is 4. The number of ketones is 1. The zero-order valence-electron chi connectivity index (χ0n) is 16.6. The maximum atomic E-state index is 13.7. The van der Waals surface area contributed by atoms with Crippen molar-refractivity contribution < 1.29 is 28.2 Å². The first kappa shape index (κ1) is 20.7. The van der Waals surface area contributed by atoms with Gasteiger partial charge in [0, 0.05) is 11.3 Å². The number of aliphatic hydroxyl groups excluding tert-OH is 1. The number of aryl methyl sites for hydroxylation is 1. The minimum atomic E-state index is -1.06. The molecule has 1 unspecified atom stereocenters. The lowest BCUT2D eigenvalue weighted by atomic mass is 9.99. The zero-order valence-corrected chi connectivity index (χ0v) is 17.3. The molecule has 0 bridgehead atoms. The van der Waals surface area contributed by atoms with Crippen LogP contribution in [-0.2, 0) is 9.59 Å². The van der Waals surface area contributed by atoms with Gasteiger partial charge in [-0.25, -0.2) is 4.39 Å². The number of methoxy groups -OCH3 is 1. The predicted molar refractivity (Wildman–Crippen MR) is 113 cm³/mol. The molecule has 31 heavy (non-hydrogen) atoms. The normalized spacial score (nSPS) is 17.9. The molecule has 0 spiro atoms. The second kappa shape index (κ2) is 7.92. The summed E-state index contributed by atoms with van der Waals surface area (Å²) in [6.07, 6.45) is 0. The quantitative estimate of drug-likeness (QED) is 0.349. The summed E-state index contributed by atoms with van der Waals surface area (Å²) in [5.74, 6) is -1.42. The highest BCUT2D eigenvalue weighted by Gasteiger charge is 2.48. The highest BCUT2D eigenvalue weighted by Crippen LogP contribution is 2.43. The molecule has 8 heteroatoms. The van der Waals surface area contributed by atoms with Crippen molar-refractivity contribution in [2.75, 3.05) is 12.0 Å². The van der Waals surface area contributed by atoms with Gasteiger partial charge in [-0.2, -0.15) is 0 Å². The fraction of sp³-hybridized carbons (Fsp3) is 0.130. The minimum Gasteiger partial charge on any atom is -0.507 e. The first-order chi connectivity index (χ1) is 14.8. The van der Waals surface area contributed by atoms with Crippen LogP contribution in [0.25, 0.3) is 5.76 Å². The van der Waals surface area contributed by atoms with E-state index in [9.17, 15) is 19.1 Å². The van der Waals surface area contributed by atoms with Crippen LogP contribution in [0.4, 0.5) is 10.1 Å². The van der Waals surface area contributed by atoms with Crippen LogP contribution in [-0.4, -0.2) is 23.9 Å². The van der Waals surface area contributed by atoms with Gasteiger partial charge in [-0.3, -0.25) is 14.5 Å². The average Bonchev–Trinajstić information content (AvgIpc) is 3.31. The number of carbonyl (C=O) groups is 2. The molecule has 1 saturated heterocycles. The van der Waals surface area contributed by atoms with E-state index in [-0.39, 0.29) is 27.8 Å². The van der Waals surface area contributed by atoms with Gasteiger partial charge in [-0.1, -0.05) is 11.6 Å². The number of amides is 1. The van der Waals surface area contributed by atoms with Crippen LogP contribution in [0.3, 0.4) is 0 Å². The Labute approximate surface area is 182 Å². The number of benzene rings is 2. The van der Waals surface area contributed by atoms with Gasteiger partial charge in [0.2, 0.25) is 0 Å². The Balaban J connectivity index is 1.91. The van der Waals surface area contributed by atoms with Gasteiger partial charge in [-0.15, -0.1) is 0 Å². The van der Waals surface area contributed by atoms with Crippen molar-refractivity contribution in [3.63, 3.8) is 0 Å². The summed E-state index contributed by atoms with van der Waals surface area (Å²) in [5.41, 5.74) is 0.371. The Kier molecular flexibility index (Phi) is 5.29. The Morgan fingerprint density at radius 3 is 2.42 bits per heavy atom. The summed E-state index contributed by atoms with van der Waals surface area (Å²) in [5, 5.41) is 10.8. The van der Waals surface area contributed by atoms with Gasteiger partial charge in [-0.05, 0) is 61.5 Å². The molecule has 1 aliphatic rings. The van der Waals surface area contributed by atoms with Crippen LogP contribution in [0.5, 0.6) is 5.75 Å². The number of Topliss-reactive ketones (excluding diaryl/α,β-unsaturated/α-hetero) is 1. The van der Waals surface area contributed by atoms with Crippen molar-refractivity contribution in [3.8, 4) is 5.75 Å². The van der Waals surface area contributed by atoms with Crippen LogP contribution in [0.15, 0.2) is 64.6 Å². The van der Waals surface area contributed by atoms with Gasteiger partial charge in [0.05, 0.1) is 17.7 Å². The van der Waals surface area contributed by atoms with Crippen molar-refractivity contribution in [2.24, 2.45) is 0 Å². The number of hydrogen-bond acceptors (Lipinski definition) is 5. The van der Waals surface area contributed by atoms with E-state index in [0.29, 0.717) is 17.1 Å². The first-order valence-corrected chi connectivity index (χ1v) is 9.66. The molecular formula is C23H17ClFNO5. The Hall–Kier alpha value is -3.58. The van der Waals surface area contributed by atoms with E-state index in [1.54, 1.807) is 43.3 Å². The number of carbonyl (C=O) groups excluding carboxylic acids is 2. The predicted octanol–water partition coefficient (Wildman–Crippen LogP) is 5.02. The highest BCUT2D eigenvalue weighted by molar-refractivity contribution is 6.51. The molecule has 1 N–H and O–H groups in total. The highest BCUT2D eigenvalue weighted by atomic mass is 35.5. The molecule has 0 aliphatic carbocycles. The third kappa shape index (κ3) is 3.57. The van der Waals surface area contributed by atoms with E-state index in [1.165, 1.54) is 19.2 Å². The lowest BCUT2D eigenvalue weighted by Gasteiger charge is -2.23. The number of hydrogen-bond donors (Lipinski definition) is 1. The fourth-order valence-corrected chi connectivity index (χ4v) is 3.68. The monoisotopic (exact) mass is 441 g/mol. The molecule has 1 aliphatic heterocycles. The molecule has 2 heterocycles. The van der Waals surface area contributed by atoms with Gasteiger partial charge < -0.3 is 14.3 Å². The summed E-state index contributed by atoms with van der Waals surface area (Å²) in [6.45, 7) is 1.72. The number of anilines is 1. The Morgan fingerprint density at radius 2 is 1.84 bits per heavy atom. The van der Waals surface area contributed by atoms with Crippen molar-refractivity contribution in [1.82, 2.24) is 0 Å². The Morgan fingerprint density at radius 1 is 1.13 bits per heavy atom. The van der Waals surface area contributed by atoms with E-state index < -0.39 is 23.5 Å². The molecule has 3 aromatic rings. The maximum Gasteiger partial charge on any atom is 0.300 e. The van der Waals surface area contributed by atoms with E-state index in [0.717, 1.165) is 11.0 Å². The third-order valence-electron chi connectivity index (χ3n) is 5.02. The van der Waals surface area contributed by atoms with Crippen LogP contribution in [0.2, 0.25) is 5.02 Å². The summed E-state index contributed by atoms with van der Waals surface area (Å²) in [7, 11) is 1.51. The fourth-order valence-electron chi connectivity index (χ4n) is 3.51. The van der Waals surface area contributed by atoms with Gasteiger partial charge in [0.25, 0.3) is 11.7 Å². The molecule has 6 nitrogen and oxygen atoms in total. The summed E-state index contributed by atoms with van der Waals surface area (Å²) in [4.78, 5) is 27.1. The molecule has 2 aromatic carbocycles. The number of aliphatic hydroxyl groups is 1. The largest absolute Gasteiger partial charge is 0.507 e. The SMILES string of the molecule is COc1ccc(/C(O)=C2/C(=O)C(=O)N(c3ccc(F)c(Cl)c3)C2c2ccc(C)o2)cc1. The van der Waals surface area contributed by atoms with Crippen LogP contribution in [0.1, 0.15) is 23.1 Å². The maximum absolute atomic E-state index is 13.7. The van der Waals surface area contributed by atoms with E-state index >= 15 is 0 Å². The van der Waals surface area contributed by atoms with Crippen molar-refractivity contribution in [1.29, 1.82) is 0 Å². The van der Waals surface area contributed by atoms with Crippen molar-refractivity contribution in [3.05, 3.63) is 88.1 Å². The van der Waals surface area contributed by atoms with Gasteiger partial charge in [0.15, 0.2) is 0 Å². The summed E-state index contributed by atoms with van der Waals surface area (Å²) < 4.78 is 24.5. The molecule has 1 amide bonds. The Bertz CT molecular complexity index is 1210. The molecule has 158 valence electrons. The molecule has 0 saturated carbocycles. The van der Waals surface area contributed by atoms with Crippen LogP contribution in [0, 0.1) is 12.7 Å². The van der Waals surface area contributed by atoms with E-state index in [2.05, 4.69) is 0 Å². The van der Waals surface area contributed by atoms with Gasteiger partial charge in [0.1, 0.15) is 34.9 Å². The molecular weight excluding hydrogens is 425 g/mol. The lowest BCUT2D eigenvalue weighted by Crippen LogP contribution is -2.29.